The lowest BCUT2D eigenvalue weighted by Gasteiger charge is -2.43. The maximum Gasteiger partial charge on any atom is 0.317 e. The van der Waals surface area contributed by atoms with Gasteiger partial charge in [0.05, 0.1) is 0 Å². The van der Waals surface area contributed by atoms with Crippen molar-refractivity contribution in [2.45, 2.75) is 31.7 Å². The topological polar surface area (TPSA) is 48.5 Å². The quantitative estimate of drug-likeness (QED) is 0.917. The molecule has 114 valence electrons. The molecule has 2 aliphatic rings. The van der Waals surface area contributed by atoms with Crippen LogP contribution < -0.4 is 5.32 Å². The summed E-state index contributed by atoms with van der Waals surface area (Å²) in [6.07, 6.45) is 6.43. The van der Waals surface area contributed by atoms with Gasteiger partial charge in [0.1, 0.15) is 0 Å². The molecule has 2 saturated heterocycles. The number of carbonyl (C=O) groups is 1. The Kier molecular flexibility index (Phi) is 4.70. The van der Waals surface area contributed by atoms with Gasteiger partial charge in [0.2, 0.25) is 0 Å². The largest absolute Gasteiger partial charge is 0.338 e. The van der Waals surface area contributed by atoms with Gasteiger partial charge in [-0.05, 0) is 31.5 Å². The molecule has 1 atom stereocenters. The molecule has 1 N–H and O–H groups in total. The number of fused-ring (bicyclic) bond motifs is 1. The van der Waals surface area contributed by atoms with Gasteiger partial charge < -0.3 is 10.2 Å². The normalized spacial score (nSPS) is 22.7. The summed E-state index contributed by atoms with van der Waals surface area (Å²) < 4.78 is 0. The van der Waals surface area contributed by atoms with Crippen molar-refractivity contribution in [2.24, 2.45) is 0 Å². The summed E-state index contributed by atoms with van der Waals surface area (Å²) in [4.78, 5) is 21.0. The van der Waals surface area contributed by atoms with E-state index in [1.54, 1.807) is 6.20 Å². The summed E-state index contributed by atoms with van der Waals surface area (Å²) in [5, 5.41) is 3.02. The maximum atomic E-state index is 12.2. The zero-order valence-corrected chi connectivity index (χ0v) is 12.5. The minimum Gasteiger partial charge on any atom is -0.338 e. The number of urea groups is 1. The Morgan fingerprint density at radius 2 is 2.24 bits per heavy atom. The highest BCUT2D eigenvalue weighted by molar-refractivity contribution is 5.74. The predicted octanol–water partition coefficient (Wildman–Crippen LogP) is 1.50. The van der Waals surface area contributed by atoms with E-state index in [2.05, 4.69) is 15.2 Å². The minimum atomic E-state index is 0.0798. The third-order valence-electron chi connectivity index (χ3n) is 4.51. The number of nitrogens with one attached hydrogen (secondary N) is 1. The SMILES string of the molecule is O=C(NCCc1ccccn1)N1CCN2CCCCC2C1. The smallest absolute Gasteiger partial charge is 0.317 e. The molecule has 1 unspecified atom stereocenters. The van der Waals surface area contributed by atoms with Gasteiger partial charge in [-0.2, -0.15) is 0 Å². The van der Waals surface area contributed by atoms with Crippen molar-refractivity contribution >= 4 is 6.03 Å². The third-order valence-corrected chi connectivity index (χ3v) is 4.51. The van der Waals surface area contributed by atoms with E-state index in [9.17, 15) is 4.79 Å². The van der Waals surface area contributed by atoms with Crippen molar-refractivity contribution in [1.82, 2.24) is 20.1 Å². The fourth-order valence-corrected chi connectivity index (χ4v) is 3.30. The first kappa shape index (κ1) is 14.3. The van der Waals surface area contributed by atoms with Gasteiger partial charge in [-0.1, -0.05) is 12.5 Å². The summed E-state index contributed by atoms with van der Waals surface area (Å²) in [7, 11) is 0. The van der Waals surface area contributed by atoms with Crippen LogP contribution in [-0.4, -0.2) is 59.6 Å². The van der Waals surface area contributed by atoms with E-state index in [1.807, 2.05) is 23.1 Å². The molecule has 0 bridgehead atoms. The Morgan fingerprint density at radius 1 is 1.29 bits per heavy atom. The van der Waals surface area contributed by atoms with E-state index in [1.165, 1.54) is 25.8 Å². The van der Waals surface area contributed by atoms with Crippen molar-refractivity contribution in [3.8, 4) is 0 Å². The third kappa shape index (κ3) is 3.73. The second-order valence-electron chi connectivity index (χ2n) is 5.93. The summed E-state index contributed by atoms with van der Waals surface area (Å²) in [5.74, 6) is 0. The fourth-order valence-electron chi connectivity index (χ4n) is 3.30. The number of pyridine rings is 1. The molecule has 3 rings (SSSR count). The van der Waals surface area contributed by atoms with Crippen LogP contribution in [0.4, 0.5) is 4.79 Å². The zero-order valence-electron chi connectivity index (χ0n) is 12.5. The number of carbonyl (C=O) groups excluding carboxylic acids is 1. The number of hydrogen-bond acceptors (Lipinski definition) is 3. The second-order valence-corrected chi connectivity index (χ2v) is 5.93. The average molecular weight is 288 g/mol. The van der Waals surface area contributed by atoms with Crippen LogP contribution in [0.1, 0.15) is 25.0 Å². The summed E-state index contributed by atoms with van der Waals surface area (Å²) >= 11 is 0. The van der Waals surface area contributed by atoms with E-state index >= 15 is 0 Å². The summed E-state index contributed by atoms with van der Waals surface area (Å²) in [5.41, 5.74) is 1.02. The van der Waals surface area contributed by atoms with Gasteiger partial charge in [0, 0.05) is 50.5 Å². The first-order chi connectivity index (χ1) is 10.3. The molecule has 0 aliphatic carbocycles. The molecule has 3 heterocycles. The van der Waals surface area contributed by atoms with Crippen LogP contribution in [0.2, 0.25) is 0 Å². The Morgan fingerprint density at radius 3 is 3.10 bits per heavy atom. The van der Waals surface area contributed by atoms with Crippen LogP contribution in [0.15, 0.2) is 24.4 Å². The standard InChI is InChI=1S/C16H24N4O/c21-16(18-9-7-14-5-1-3-8-17-14)20-12-11-19-10-4-2-6-15(19)13-20/h1,3,5,8,15H,2,4,6-7,9-13H2,(H,18,21). The van der Waals surface area contributed by atoms with E-state index in [0.717, 1.165) is 31.7 Å². The number of hydrogen-bond donors (Lipinski definition) is 1. The van der Waals surface area contributed by atoms with E-state index < -0.39 is 0 Å². The monoisotopic (exact) mass is 288 g/mol. The molecular weight excluding hydrogens is 264 g/mol. The van der Waals surface area contributed by atoms with Crippen molar-refractivity contribution in [3.63, 3.8) is 0 Å². The number of piperidine rings is 1. The Labute approximate surface area is 126 Å². The van der Waals surface area contributed by atoms with E-state index in [-0.39, 0.29) is 6.03 Å². The average Bonchev–Trinajstić information content (AvgIpc) is 2.55. The van der Waals surface area contributed by atoms with Gasteiger partial charge in [0.15, 0.2) is 0 Å². The first-order valence-corrected chi connectivity index (χ1v) is 7.99. The number of piperazine rings is 1. The lowest BCUT2D eigenvalue weighted by molar-refractivity contribution is 0.0644. The number of amides is 2. The molecule has 5 heteroatoms. The fraction of sp³-hybridized carbons (Fsp3) is 0.625. The van der Waals surface area contributed by atoms with Crippen molar-refractivity contribution < 1.29 is 4.79 Å². The van der Waals surface area contributed by atoms with E-state index in [0.29, 0.717) is 12.6 Å². The Bertz CT molecular complexity index is 465. The first-order valence-electron chi connectivity index (χ1n) is 7.99. The Hall–Kier alpha value is -1.62. The van der Waals surface area contributed by atoms with Gasteiger partial charge >= 0.3 is 6.03 Å². The molecule has 1 aromatic heterocycles. The number of rotatable bonds is 3. The van der Waals surface area contributed by atoms with E-state index in [4.69, 9.17) is 0 Å². The zero-order chi connectivity index (χ0) is 14.5. The number of aromatic nitrogens is 1. The number of nitrogens with zero attached hydrogens (tertiary/aromatic N) is 3. The molecule has 2 amide bonds. The van der Waals surface area contributed by atoms with Crippen LogP contribution in [-0.2, 0) is 6.42 Å². The maximum absolute atomic E-state index is 12.2. The van der Waals surface area contributed by atoms with Crippen LogP contribution in [0, 0.1) is 0 Å². The van der Waals surface area contributed by atoms with Crippen LogP contribution >= 0.6 is 0 Å². The Balaban J connectivity index is 1.43. The highest BCUT2D eigenvalue weighted by Gasteiger charge is 2.30. The van der Waals surface area contributed by atoms with Crippen LogP contribution in [0.5, 0.6) is 0 Å². The molecule has 1 aromatic rings. The van der Waals surface area contributed by atoms with Gasteiger partial charge in [-0.15, -0.1) is 0 Å². The molecule has 5 nitrogen and oxygen atoms in total. The van der Waals surface area contributed by atoms with Crippen molar-refractivity contribution in [3.05, 3.63) is 30.1 Å². The summed E-state index contributed by atoms with van der Waals surface area (Å²) in [6, 6.07) is 6.54. The predicted molar refractivity (Wildman–Crippen MR) is 82.1 cm³/mol. The molecule has 2 fully saturated rings. The molecular formula is C16H24N4O. The van der Waals surface area contributed by atoms with Gasteiger partial charge in [0.25, 0.3) is 0 Å². The summed E-state index contributed by atoms with van der Waals surface area (Å²) in [6.45, 7) is 4.63. The van der Waals surface area contributed by atoms with Crippen LogP contribution in [0.25, 0.3) is 0 Å². The highest BCUT2D eigenvalue weighted by atomic mass is 16.2. The van der Waals surface area contributed by atoms with Crippen molar-refractivity contribution in [1.29, 1.82) is 0 Å². The van der Waals surface area contributed by atoms with Crippen molar-refractivity contribution in [2.75, 3.05) is 32.7 Å². The molecule has 0 radical (unpaired) electrons. The van der Waals surface area contributed by atoms with Gasteiger partial charge in [-0.3, -0.25) is 9.88 Å². The lowest BCUT2D eigenvalue weighted by atomic mass is 10.00. The second kappa shape index (κ2) is 6.89. The lowest BCUT2D eigenvalue weighted by Crippen LogP contribution is -2.58. The molecule has 0 spiro atoms. The molecule has 2 aliphatic heterocycles. The molecule has 21 heavy (non-hydrogen) atoms. The molecule has 0 saturated carbocycles. The highest BCUT2D eigenvalue weighted by Crippen LogP contribution is 2.20. The molecule has 0 aromatic carbocycles. The van der Waals surface area contributed by atoms with Crippen LogP contribution in [0.3, 0.4) is 0 Å². The minimum absolute atomic E-state index is 0.0798. The van der Waals surface area contributed by atoms with Gasteiger partial charge in [-0.25, -0.2) is 4.79 Å².